The second-order valence-corrected chi connectivity index (χ2v) is 6.18. The fourth-order valence-corrected chi connectivity index (χ4v) is 2.99. The summed E-state index contributed by atoms with van der Waals surface area (Å²) in [5, 5.41) is 1.12. The summed E-state index contributed by atoms with van der Waals surface area (Å²) in [7, 11) is 5.30. The van der Waals surface area contributed by atoms with Gasteiger partial charge in [-0.2, -0.15) is 0 Å². The molecule has 0 radical (unpaired) electrons. The van der Waals surface area contributed by atoms with Gasteiger partial charge in [-0.25, -0.2) is 0 Å². The minimum absolute atomic E-state index is 0.0405. The molecule has 1 aromatic carbocycles. The second-order valence-electron chi connectivity index (χ2n) is 6.18. The minimum Gasteiger partial charge on any atom is -0.361 e. The molecular weight excluding hydrogens is 288 g/mol. The lowest BCUT2D eigenvalue weighted by molar-refractivity contribution is -0.121. The lowest BCUT2D eigenvalue weighted by Gasteiger charge is -2.12. The number of guanidine groups is 1. The number of fused-ring (bicyclic) bond motifs is 1. The number of hydrogen-bond donors (Lipinski definition) is 1. The van der Waals surface area contributed by atoms with E-state index in [-0.39, 0.29) is 5.91 Å². The van der Waals surface area contributed by atoms with Crippen LogP contribution in [0.4, 0.5) is 0 Å². The number of aromatic amines is 1. The Morgan fingerprint density at radius 2 is 1.96 bits per heavy atom. The van der Waals surface area contributed by atoms with E-state index in [2.05, 4.69) is 42.0 Å². The zero-order chi connectivity index (χ0) is 16.7. The van der Waals surface area contributed by atoms with Crippen molar-refractivity contribution >= 4 is 28.8 Å². The number of carbonyl (C=O) groups is 1. The lowest BCUT2D eigenvalue weighted by Crippen LogP contribution is -2.29. The van der Waals surface area contributed by atoms with Crippen LogP contribution in [0, 0.1) is 0 Å². The van der Waals surface area contributed by atoms with Gasteiger partial charge in [0.1, 0.15) is 5.70 Å². The van der Waals surface area contributed by atoms with Crippen molar-refractivity contribution in [2.75, 3.05) is 21.1 Å². The first-order valence-corrected chi connectivity index (χ1v) is 7.75. The summed E-state index contributed by atoms with van der Waals surface area (Å²) < 4.78 is 0. The van der Waals surface area contributed by atoms with Crippen molar-refractivity contribution in [3.05, 3.63) is 41.2 Å². The number of aliphatic imine (C=N–C) groups is 1. The molecule has 1 aliphatic heterocycles. The van der Waals surface area contributed by atoms with Crippen LogP contribution in [-0.2, 0) is 4.79 Å². The molecule has 1 saturated heterocycles. The number of benzene rings is 1. The molecule has 5 heteroatoms. The number of rotatable bonds is 2. The van der Waals surface area contributed by atoms with Gasteiger partial charge in [0.15, 0.2) is 0 Å². The molecule has 2 aromatic rings. The number of amides is 1. The van der Waals surface area contributed by atoms with Gasteiger partial charge in [-0.1, -0.05) is 26.0 Å². The fourth-order valence-electron chi connectivity index (χ4n) is 2.99. The first-order valence-electron chi connectivity index (χ1n) is 7.75. The van der Waals surface area contributed by atoms with Gasteiger partial charge in [-0.3, -0.25) is 14.7 Å². The lowest BCUT2D eigenvalue weighted by atomic mass is 10.0. The molecule has 0 saturated carbocycles. The van der Waals surface area contributed by atoms with E-state index in [0.717, 1.165) is 16.5 Å². The zero-order valence-electron chi connectivity index (χ0n) is 14.2. The zero-order valence-corrected chi connectivity index (χ0v) is 14.2. The molecule has 1 amide bonds. The molecule has 0 aliphatic carbocycles. The van der Waals surface area contributed by atoms with Crippen LogP contribution in [0.1, 0.15) is 30.9 Å². The van der Waals surface area contributed by atoms with Gasteiger partial charge >= 0.3 is 0 Å². The number of H-pyrrole nitrogens is 1. The van der Waals surface area contributed by atoms with Crippen molar-refractivity contribution < 1.29 is 4.79 Å². The summed E-state index contributed by atoms with van der Waals surface area (Å²) in [6.07, 6.45) is 3.87. The Labute approximate surface area is 136 Å². The summed E-state index contributed by atoms with van der Waals surface area (Å²) in [5.74, 6) is 1.11. The Kier molecular flexibility index (Phi) is 3.72. The second kappa shape index (κ2) is 5.57. The molecule has 0 unspecified atom stereocenters. The fraction of sp³-hybridized carbons (Fsp3) is 0.333. The molecule has 0 atom stereocenters. The largest absolute Gasteiger partial charge is 0.361 e. The molecule has 3 rings (SSSR count). The van der Waals surface area contributed by atoms with E-state index in [4.69, 9.17) is 0 Å². The number of hydrogen-bond acceptors (Lipinski definition) is 2. The molecule has 0 bridgehead atoms. The number of carbonyl (C=O) groups excluding carboxylic acids is 1. The van der Waals surface area contributed by atoms with Gasteiger partial charge in [0, 0.05) is 43.8 Å². The number of likely N-dealkylation sites (N-methyl/N-ethyl adjacent to an activating group) is 2. The Bertz CT molecular complexity index is 829. The Balaban J connectivity index is 2.06. The molecular formula is C18H22N4O. The topological polar surface area (TPSA) is 51.7 Å². The van der Waals surface area contributed by atoms with Crippen molar-refractivity contribution in [2.24, 2.45) is 4.99 Å². The molecule has 2 heterocycles. The predicted molar refractivity (Wildman–Crippen MR) is 94.3 cm³/mol. The predicted octanol–water partition coefficient (Wildman–Crippen LogP) is 3.02. The van der Waals surface area contributed by atoms with Gasteiger partial charge in [-0.05, 0) is 23.6 Å². The van der Waals surface area contributed by atoms with Crippen LogP contribution in [-0.4, -0.2) is 47.8 Å². The summed E-state index contributed by atoms with van der Waals surface area (Å²) in [4.78, 5) is 23.3. The summed E-state index contributed by atoms with van der Waals surface area (Å²) in [5.41, 5.74) is 4.03. The van der Waals surface area contributed by atoms with Crippen molar-refractivity contribution in [3.63, 3.8) is 0 Å². The smallest absolute Gasteiger partial charge is 0.277 e. The average Bonchev–Trinajstić information content (AvgIpc) is 3.02. The van der Waals surface area contributed by atoms with Crippen LogP contribution in [0.2, 0.25) is 0 Å². The van der Waals surface area contributed by atoms with E-state index in [9.17, 15) is 4.79 Å². The van der Waals surface area contributed by atoms with Crippen molar-refractivity contribution in [2.45, 2.75) is 19.8 Å². The molecule has 5 nitrogen and oxygen atoms in total. The Morgan fingerprint density at radius 3 is 2.57 bits per heavy atom. The van der Waals surface area contributed by atoms with Crippen molar-refractivity contribution in [1.82, 2.24) is 14.8 Å². The van der Waals surface area contributed by atoms with Gasteiger partial charge in [0.25, 0.3) is 5.91 Å². The van der Waals surface area contributed by atoms with Crippen LogP contribution >= 0.6 is 0 Å². The van der Waals surface area contributed by atoms with Crippen molar-refractivity contribution in [1.29, 1.82) is 0 Å². The first-order chi connectivity index (χ1) is 10.9. The maximum Gasteiger partial charge on any atom is 0.277 e. The number of nitrogens with zero attached hydrogens (tertiary/aromatic N) is 3. The maximum absolute atomic E-state index is 12.4. The van der Waals surface area contributed by atoms with Crippen LogP contribution in [0.25, 0.3) is 17.0 Å². The molecule has 1 N–H and O–H groups in total. The molecule has 1 aromatic heterocycles. The first kappa shape index (κ1) is 15.3. The summed E-state index contributed by atoms with van der Waals surface area (Å²) >= 11 is 0. The Hall–Kier alpha value is -2.56. The Morgan fingerprint density at radius 1 is 1.22 bits per heavy atom. The molecule has 120 valence electrons. The maximum atomic E-state index is 12.4. The summed E-state index contributed by atoms with van der Waals surface area (Å²) in [6.45, 7) is 4.36. The average molecular weight is 310 g/mol. The third-order valence-electron chi connectivity index (χ3n) is 4.38. The summed E-state index contributed by atoms with van der Waals surface area (Å²) in [6, 6.07) is 6.44. The van der Waals surface area contributed by atoms with Crippen LogP contribution in [0.15, 0.2) is 35.1 Å². The highest BCUT2D eigenvalue weighted by atomic mass is 16.2. The highest BCUT2D eigenvalue weighted by Gasteiger charge is 2.33. The number of nitrogens with one attached hydrogen (secondary N) is 1. The van der Waals surface area contributed by atoms with Crippen LogP contribution in [0.5, 0.6) is 0 Å². The van der Waals surface area contributed by atoms with Gasteiger partial charge < -0.3 is 9.88 Å². The standard InChI is InChI=1S/C18H22N4O/c1-11(2)12-6-7-14-13(10-20-15(14)8-12)9-16-17(23)22(5)18(19-3)21(16)4/h6-11,20H,1-5H3/b16-9+,19-18-. The van der Waals surface area contributed by atoms with Crippen LogP contribution < -0.4 is 0 Å². The van der Waals surface area contributed by atoms with E-state index in [1.165, 1.54) is 5.56 Å². The van der Waals surface area contributed by atoms with Gasteiger partial charge in [-0.15, -0.1) is 0 Å². The van der Waals surface area contributed by atoms with E-state index < -0.39 is 0 Å². The van der Waals surface area contributed by atoms with Crippen molar-refractivity contribution in [3.8, 4) is 0 Å². The molecule has 1 fully saturated rings. The third kappa shape index (κ3) is 2.42. The van der Waals surface area contributed by atoms with Crippen LogP contribution in [0.3, 0.4) is 0 Å². The number of aromatic nitrogens is 1. The quantitative estimate of drug-likeness (QED) is 0.867. The molecule has 23 heavy (non-hydrogen) atoms. The normalized spacial score (nSPS) is 19.1. The van der Waals surface area contributed by atoms with E-state index in [0.29, 0.717) is 17.6 Å². The molecule has 0 spiro atoms. The monoisotopic (exact) mass is 310 g/mol. The highest BCUT2D eigenvalue weighted by Crippen LogP contribution is 2.27. The SMILES string of the molecule is C/N=C1\N(C)C(=O)/C(=C\c2c[nH]c3cc(C(C)C)ccc23)N1C. The van der Waals surface area contributed by atoms with E-state index in [1.54, 1.807) is 19.0 Å². The van der Waals surface area contributed by atoms with E-state index >= 15 is 0 Å². The van der Waals surface area contributed by atoms with E-state index in [1.807, 2.05) is 24.2 Å². The highest BCUT2D eigenvalue weighted by molar-refractivity contribution is 6.15. The minimum atomic E-state index is -0.0405. The third-order valence-corrected chi connectivity index (χ3v) is 4.38. The van der Waals surface area contributed by atoms with Gasteiger partial charge in [0.05, 0.1) is 0 Å². The molecule has 1 aliphatic rings. The van der Waals surface area contributed by atoms with Gasteiger partial charge in [0.2, 0.25) is 5.96 Å².